The highest BCUT2D eigenvalue weighted by Crippen LogP contribution is 2.33. The van der Waals surface area contributed by atoms with Crippen LogP contribution in [0.15, 0.2) is 18.3 Å². The van der Waals surface area contributed by atoms with E-state index in [4.69, 9.17) is 4.74 Å². The first-order valence-electron chi connectivity index (χ1n) is 8.27. The molecule has 0 unspecified atom stereocenters. The first kappa shape index (κ1) is 15.4. The van der Waals surface area contributed by atoms with E-state index in [2.05, 4.69) is 22.1 Å². The number of piperidine rings is 1. The maximum absolute atomic E-state index is 12.4. The molecule has 0 aromatic carbocycles. The third-order valence-corrected chi connectivity index (χ3v) is 4.73. The Balaban J connectivity index is 1.58. The molecule has 2 aliphatic heterocycles. The van der Waals surface area contributed by atoms with Gasteiger partial charge in [0, 0.05) is 12.7 Å². The normalized spacial score (nSPS) is 28.4. The van der Waals surface area contributed by atoms with Crippen LogP contribution in [0.3, 0.4) is 0 Å². The molecule has 5 nitrogen and oxygen atoms in total. The van der Waals surface area contributed by atoms with Crippen LogP contribution in [0.5, 0.6) is 0 Å². The summed E-state index contributed by atoms with van der Waals surface area (Å²) in [6, 6.07) is 3.71. The van der Waals surface area contributed by atoms with Crippen molar-refractivity contribution in [2.45, 2.75) is 45.3 Å². The number of anilines is 1. The number of nitrogens with zero attached hydrogens (tertiary/aromatic N) is 2. The van der Waals surface area contributed by atoms with Gasteiger partial charge in [-0.05, 0) is 57.3 Å². The standard InChI is InChI=1S/C17H25N3O2/c1-3-8-20-9-6-13-10-15(22-16(13)11-20)17(21)19-14-5-4-7-18-12(14)2/h4-5,7,13,15-16H,3,6,8-11H2,1-2H3,(H,19,21)/t13-,15+,16+/m1/s1. The first-order valence-corrected chi connectivity index (χ1v) is 8.27. The van der Waals surface area contributed by atoms with Crippen LogP contribution in [0.4, 0.5) is 5.69 Å². The van der Waals surface area contributed by atoms with Crippen LogP contribution >= 0.6 is 0 Å². The summed E-state index contributed by atoms with van der Waals surface area (Å²) in [5, 5.41) is 2.96. The summed E-state index contributed by atoms with van der Waals surface area (Å²) in [6.45, 7) is 7.32. The molecule has 3 heterocycles. The van der Waals surface area contributed by atoms with Crippen LogP contribution in [-0.2, 0) is 9.53 Å². The number of rotatable bonds is 4. The van der Waals surface area contributed by atoms with Crippen molar-refractivity contribution in [2.24, 2.45) is 5.92 Å². The van der Waals surface area contributed by atoms with Crippen LogP contribution in [0.2, 0.25) is 0 Å². The Morgan fingerprint density at radius 1 is 1.55 bits per heavy atom. The molecular formula is C17H25N3O2. The van der Waals surface area contributed by atoms with Crippen LogP contribution in [-0.4, -0.2) is 47.6 Å². The number of pyridine rings is 1. The predicted octanol–water partition coefficient (Wildman–Crippen LogP) is 2.22. The minimum Gasteiger partial charge on any atom is -0.364 e. The number of aromatic nitrogens is 1. The van der Waals surface area contributed by atoms with E-state index >= 15 is 0 Å². The maximum atomic E-state index is 12.4. The lowest BCUT2D eigenvalue weighted by atomic mass is 9.91. The lowest BCUT2D eigenvalue weighted by molar-refractivity contribution is -0.127. The van der Waals surface area contributed by atoms with Gasteiger partial charge in [0.15, 0.2) is 0 Å². The highest BCUT2D eigenvalue weighted by Gasteiger charge is 2.41. The van der Waals surface area contributed by atoms with Gasteiger partial charge in [-0.2, -0.15) is 0 Å². The van der Waals surface area contributed by atoms with Gasteiger partial charge in [0.2, 0.25) is 0 Å². The number of fused-ring (bicyclic) bond motifs is 1. The maximum Gasteiger partial charge on any atom is 0.253 e. The number of amides is 1. The first-order chi connectivity index (χ1) is 10.7. The fraction of sp³-hybridized carbons (Fsp3) is 0.647. The van der Waals surface area contributed by atoms with Gasteiger partial charge in [0.1, 0.15) is 6.10 Å². The van der Waals surface area contributed by atoms with Crippen LogP contribution in [0, 0.1) is 12.8 Å². The van der Waals surface area contributed by atoms with E-state index in [1.165, 1.54) is 6.42 Å². The van der Waals surface area contributed by atoms with Crippen molar-refractivity contribution in [1.82, 2.24) is 9.88 Å². The van der Waals surface area contributed by atoms with Gasteiger partial charge in [0.05, 0.1) is 17.5 Å². The third-order valence-electron chi connectivity index (χ3n) is 4.73. The molecule has 2 fully saturated rings. The van der Waals surface area contributed by atoms with E-state index in [1.54, 1.807) is 6.20 Å². The molecule has 2 aliphatic rings. The van der Waals surface area contributed by atoms with E-state index in [0.29, 0.717) is 5.92 Å². The predicted molar refractivity (Wildman–Crippen MR) is 85.7 cm³/mol. The van der Waals surface area contributed by atoms with E-state index in [9.17, 15) is 4.79 Å². The van der Waals surface area contributed by atoms with Crippen LogP contribution < -0.4 is 5.32 Å². The molecule has 0 saturated carbocycles. The van der Waals surface area contributed by atoms with Gasteiger partial charge in [0.25, 0.3) is 5.91 Å². The zero-order valence-electron chi connectivity index (χ0n) is 13.4. The van der Waals surface area contributed by atoms with Gasteiger partial charge >= 0.3 is 0 Å². The van der Waals surface area contributed by atoms with Gasteiger partial charge in [-0.3, -0.25) is 9.78 Å². The van der Waals surface area contributed by atoms with Crippen molar-refractivity contribution in [3.8, 4) is 0 Å². The van der Waals surface area contributed by atoms with Crippen molar-refractivity contribution in [3.05, 3.63) is 24.0 Å². The van der Waals surface area contributed by atoms with Crippen molar-refractivity contribution in [1.29, 1.82) is 0 Å². The van der Waals surface area contributed by atoms with Gasteiger partial charge in [-0.25, -0.2) is 0 Å². The Morgan fingerprint density at radius 2 is 2.41 bits per heavy atom. The topological polar surface area (TPSA) is 54.5 Å². The molecule has 22 heavy (non-hydrogen) atoms. The van der Waals surface area contributed by atoms with Gasteiger partial charge in [-0.1, -0.05) is 6.92 Å². The fourth-order valence-electron chi connectivity index (χ4n) is 3.51. The molecule has 0 bridgehead atoms. The SMILES string of the molecule is CCCN1CC[C@@H]2C[C@@H](C(=O)Nc3cccnc3C)O[C@H]2C1. The largest absolute Gasteiger partial charge is 0.364 e. The second-order valence-corrected chi connectivity index (χ2v) is 6.37. The van der Waals surface area contributed by atoms with E-state index in [1.807, 2.05) is 19.1 Å². The molecule has 0 spiro atoms. The molecule has 1 amide bonds. The summed E-state index contributed by atoms with van der Waals surface area (Å²) >= 11 is 0. The second-order valence-electron chi connectivity index (χ2n) is 6.37. The number of carbonyl (C=O) groups is 1. The summed E-state index contributed by atoms with van der Waals surface area (Å²) in [5.74, 6) is 0.492. The zero-order valence-corrected chi connectivity index (χ0v) is 13.4. The average molecular weight is 303 g/mol. The molecule has 5 heteroatoms. The van der Waals surface area contributed by atoms with Gasteiger partial charge in [-0.15, -0.1) is 0 Å². The summed E-state index contributed by atoms with van der Waals surface area (Å²) in [4.78, 5) is 19.1. The average Bonchev–Trinajstić information content (AvgIpc) is 2.93. The summed E-state index contributed by atoms with van der Waals surface area (Å²) in [7, 11) is 0. The Hall–Kier alpha value is -1.46. The quantitative estimate of drug-likeness (QED) is 0.926. The van der Waals surface area contributed by atoms with Crippen LogP contribution in [0.1, 0.15) is 31.9 Å². The summed E-state index contributed by atoms with van der Waals surface area (Å²) < 4.78 is 6.04. The van der Waals surface area contributed by atoms with E-state index in [-0.39, 0.29) is 18.1 Å². The second kappa shape index (κ2) is 6.75. The number of hydrogen-bond acceptors (Lipinski definition) is 4. The minimum atomic E-state index is -0.323. The number of likely N-dealkylation sites (tertiary alicyclic amines) is 1. The van der Waals surface area contributed by atoms with Gasteiger partial charge < -0.3 is 15.0 Å². The Morgan fingerprint density at radius 3 is 3.18 bits per heavy atom. The fourth-order valence-corrected chi connectivity index (χ4v) is 3.51. The molecule has 1 aromatic heterocycles. The van der Waals surface area contributed by atoms with Crippen LogP contribution in [0.25, 0.3) is 0 Å². The summed E-state index contributed by atoms with van der Waals surface area (Å²) in [5.41, 5.74) is 1.61. The molecule has 3 atom stereocenters. The number of ether oxygens (including phenoxy) is 1. The highest BCUT2D eigenvalue weighted by atomic mass is 16.5. The molecule has 3 rings (SSSR count). The van der Waals surface area contributed by atoms with Crippen molar-refractivity contribution in [3.63, 3.8) is 0 Å². The lowest BCUT2D eigenvalue weighted by Gasteiger charge is -2.33. The number of hydrogen-bond donors (Lipinski definition) is 1. The number of aryl methyl sites for hydroxylation is 1. The number of carbonyl (C=O) groups excluding carboxylic acids is 1. The monoisotopic (exact) mass is 303 g/mol. The van der Waals surface area contributed by atoms with Crippen molar-refractivity contribution in [2.75, 3.05) is 25.0 Å². The molecule has 120 valence electrons. The smallest absolute Gasteiger partial charge is 0.253 e. The highest BCUT2D eigenvalue weighted by molar-refractivity contribution is 5.94. The van der Waals surface area contributed by atoms with Crippen molar-refractivity contribution < 1.29 is 9.53 Å². The minimum absolute atomic E-state index is 0.0347. The molecule has 1 N–H and O–H groups in total. The van der Waals surface area contributed by atoms with E-state index in [0.717, 1.165) is 43.9 Å². The molecule has 0 radical (unpaired) electrons. The number of nitrogens with one attached hydrogen (secondary N) is 1. The van der Waals surface area contributed by atoms with E-state index < -0.39 is 0 Å². The zero-order chi connectivity index (χ0) is 15.5. The Bertz CT molecular complexity index is 534. The molecule has 2 saturated heterocycles. The molecule has 1 aromatic rings. The third kappa shape index (κ3) is 3.31. The molecular weight excluding hydrogens is 278 g/mol. The lowest BCUT2D eigenvalue weighted by Crippen LogP contribution is -2.42. The molecule has 0 aliphatic carbocycles. The summed E-state index contributed by atoms with van der Waals surface area (Å²) in [6.07, 6.45) is 4.77. The van der Waals surface area contributed by atoms with Crippen molar-refractivity contribution >= 4 is 11.6 Å². The Kier molecular flexibility index (Phi) is 4.74. The Labute approximate surface area is 132 Å².